The van der Waals surface area contributed by atoms with Crippen LogP contribution in [0, 0.1) is 11.8 Å². The van der Waals surface area contributed by atoms with Crippen molar-refractivity contribution in [2.45, 2.75) is 63.6 Å². The van der Waals surface area contributed by atoms with E-state index in [9.17, 15) is 19.2 Å². The number of carboxylic acid groups (broad SMARTS) is 1. The molecule has 2 fully saturated rings. The van der Waals surface area contributed by atoms with E-state index in [1.807, 2.05) is 0 Å². The minimum absolute atomic E-state index is 0.209. The smallest absolute Gasteiger partial charge is 0.338 e. The van der Waals surface area contributed by atoms with Crippen LogP contribution >= 0.6 is 0 Å². The van der Waals surface area contributed by atoms with Crippen LogP contribution in [-0.4, -0.2) is 48.0 Å². The summed E-state index contributed by atoms with van der Waals surface area (Å²) in [5.41, 5.74) is 0.369. The van der Waals surface area contributed by atoms with E-state index in [0.29, 0.717) is 62.7 Å². The third-order valence-corrected chi connectivity index (χ3v) is 6.27. The third kappa shape index (κ3) is 7.33. The molecule has 184 valence electrons. The zero-order chi connectivity index (χ0) is 24.5. The highest BCUT2D eigenvalue weighted by Gasteiger charge is 2.33. The standard InChI is InChI=1S/C25H30O9/c1-2-22(26)32-15-31-19-9-5-17(6-10-19)24(29)34-21-13-7-18(8-14-21)25(30)33-20-11-3-16(4-12-20)23(27)28/h2,5-6,9-10,16,18,20-21H,1,3-4,7-8,11-15H2,(H,27,28). The van der Waals surface area contributed by atoms with Gasteiger partial charge in [0.05, 0.1) is 17.4 Å². The molecule has 1 aromatic rings. The highest BCUT2D eigenvalue weighted by molar-refractivity contribution is 5.89. The number of aliphatic carboxylic acids is 1. The van der Waals surface area contributed by atoms with Crippen LogP contribution in [0.25, 0.3) is 0 Å². The lowest BCUT2D eigenvalue weighted by atomic mass is 9.86. The van der Waals surface area contributed by atoms with Gasteiger partial charge in [0.2, 0.25) is 6.79 Å². The molecule has 3 rings (SSSR count). The molecule has 0 spiro atoms. The molecule has 9 heteroatoms. The van der Waals surface area contributed by atoms with E-state index < -0.39 is 17.9 Å². The van der Waals surface area contributed by atoms with Gasteiger partial charge in [0.1, 0.15) is 18.0 Å². The molecule has 0 amide bonds. The van der Waals surface area contributed by atoms with E-state index in [1.54, 1.807) is 24.3 Å². The molecule has 2 saturated carbocycles. The van der Waals surface area contributed by atoms with E-state index in [-0.39, 0.29) is 36.8 Å². The van der Waals surface area contributed by atoms with Gasteiger partial charge in [-0.2, -0.15) is 0 Å². The summed E-state index contributed by atoms with van der Waals surface area (Å²) < 4.78 is 21.2. The van der Waals surface area contributed by atoms with Gasteiger partial charge in [0, 0.05) is 6.08 Å². The van der Waals surface area contributed by atoms with Gasteiger partial charge in [0.25, 0.3) is 0 Å². The average molecular weight is 475 g/mol. The Morgan fingerprint density at radius 3 is 1.97 bits per heavy atom. The van der Waals surface area contributed by atoms with Crippen LogP contribution in [0.2, 0.25) is 0 Å². The summed E-state index contributed by atoms with van der Waals surface area (Å²) in [5, 5.41) is 9.07. The summed E-state index contributed by atoms with van der Waals surface area (Å²) >= 11 is 0. The van der Waals surface area contributed by atoms with E-state index in [2.05, 4.69) is 6.58 Å². The van der Waals surface area contributed by atoms with Crippen molar-refractivity contribution in [3.8, 4) is 5.75 Å². The Morgan fingerprint density at radius 2 is 1.41 bits per heavy atom. The molecule has 0 saturated heterocycles. The summed E-state index contributed by atoms with van der Waals surface area (Å²) in [5.74, 6) is -2.20. The first-order chi connectivity index (χ1) is 16.4. The van der Waals surface area contributed by atoms with Gasteiger partial charge < -0.3 is 24.1 Å². The molecule has 0 unspecified atom stereocenters. The van der Waals surface area contributed by atoms with Crippen LogP contribution in [0.3, 0.4) is 0 Å². The highest BCUT2D eigenvalue weighted by atomic mass is 16.7. The normalized spacial score (nSPS) is 24.4. The second-order valence-electron chi connectivity index (χ2n) is 8.58. The maximum absolute atomic E-state index is 12.5. The van der Waals surface area contributed by atoms with Crippen molar-refractivity contribution in [1.82, 2.24) is 0 Å². The Bertz CT molecular complexity index is 876. The van der Waals surface area contributed by atoms with Crippen LogP contribution in [0.4, 0.5) is 0 Å². The highest BCUT2D eigenvalue weighted by Crippen LogP contribution is 2.31. The number of esters is 3. The molecule has 0 aliphatic heterocycles. The molecule has 34 heavy (non-hydrogen) atoms. The summed E-state index contributed by atoms with van der Waals surface area (Å²) in [6.07, 6.45) is 5.11. The summed E-state index contributed by atoms with van der Waals surface area (Å²) in [6.45, 7) is 3.03. The molecule has 0 aromatic heterocycles. The number of hydrogen-bond donors (Lipinski definition) is 1. The number of benzene rings is 1. The summed E-state index contributed by atoms with van der Waals surface area (Å²) in [4.78, 5) is 47.0. The lowest BCUT2D eigenvalue weighted by Crippen LogP contribution is -2.33. The first-order valence-electron chi connectivity index (χ1n) is 11.5. The van der Waals surface area contributed by atoms with Gasteiger partial charge in [-0.05, 0) is 75.6 Å². The minimum atomic E-state index is -0.784. The fourth-order valence-corrected chi connectivity index (χ4v) is 4.23. The number of hydrogen-bond acceptors (Lipinski definition) is 8. The van der Waals surface area contributed by atoms with Gasteiger partial charge in [-0.3, -0.25) is 9.59 Å². The van der Waals surface area contributed by atoms with Crippen molar-refractivity contribution in [2.75, 3.05) is 6.79 Å². The Kier molecular flexibility index (Phi) is 9.07. The molecule has 9 nitrogen and oxygen atoms in total. The second kappa shape index (κ2) is 12.2. The average Bonchev–Trinajstić information content (AvgIpc) is 2.85. The predicted octanol–water partition coefficient (Wildman–Crippen LogP) is 3.65. The zero-order valence-corrected chi connectivity index (χ0v) is 19.0. The fraction of sp³-hybridized carbons (Fsp3) is 0.520. The molecule has 2 aliphatic rings. The molecule has 2 aliphatic carbocycles. The van der Waals surface area contributed by atoms with Gasteiger partial charge in [0.15, 0.2) is 0 Å². The zero-order valence-electron chi connectivity index (χ0n) is 19.0. The first kappa shape index (κ1) is 25.3. The topological polar surface area (TPSA) is 125 Å². The summed E-state index contributed by atoms with van der Waals surface area (Å²) in [6, 6.07) is 6.29. The number of rotatable bonds is 9. The molecule has 0 atom stereocenters. The van der Waals surface area contributed by atoms with Crippen molar-refractivity contribution < 1.29 is 43.2 Å². The van der Waals surface area contributed by atoms with E-state index in [1.165, 1.54) is 0 Å². The van der Waals surface area contributed by atoms with Gasteiger partial charge in [-0.25, -0.2) is 9.59 Å². The van der Waals surface area contributed by atoms with Crippen LogP contribution in [0.5, 0.6) is 5.75 Å². The maximum Gasteiger partial charge on any atom is 0.338 e. The maximum atomic E-state index is 12.5. The molecule has 0 heterocycles. The van der Waals surface area contributed by atoms with Crippen molar-refractivity contribution >= 4 is 23.9 Å². The first-order valence-corrected chi connectivity index (χ1v) is 11.5. The largest absolute Gasteiger partial charge is 0.481 e. The van der Waals surface area contributed by atoms with E-state index in [0.717, 1.165) is 6.08 Å². The van der Waals surface area contributed by atoms with Crippen molar-refractivity contribution in [1.29, 1.82) is 0 Å². The second-order valence-corrected chi connectivity index (χ2v) is 8.58. The minimum Gasteiger partial charge on any atom is -0.481 e. The monoisotopic (exact) mass is 474 g/mol. The van der Waals surface area contributed by atoms with Gasteiger partial charge in [-0.1, -0.05) is 6.58 Å². The van der Waals surface area contributed by atoms with Crippen LogP contribution in [-0.2, 0) is 28.6 Å². The number of carbonyl (C=O) groups is 4. The molecular formula is C25H30O9. The van der Waals surface area contributed by atoms with Gasteiger partial charge >= 0.3 is 23.9 Å². The van der Waals surface area contributed by atoms with Crippen molar-refractivity contribution in [3.63, 3.8) is 0 Å². The number of carboxylic acids is 1. The molecule has 1 aromatic carbocycles. The van der Waals surface area contributed by atoms with Crippen LogP contribution in [0.15, 0.2) is 36.9 Å². The SMILES string of the molecule is C=CC(=O)OCOc1ccc(C(=O)OC2CCC(C(=O)OC3CCC(C(=O)O)CC3)CC2)cc1. The number of carbonyl (C=O) groups excluding carboxylic acids is 3. The molecule has 1 N–H and O–H groups in total. The predicted molar refractivity (Wildman–Crippen MR) is 119 cm³/mol. The molecule has 0 bridgehead atoms. The lowest BCUT2D eigenvalue weighted by Gasteiger charge is -2.30. The van der Waals surface area contributed by atoms with Crippen molar-refractivity contribution in [3.05, 3.63) is 42.5 Å². The van der Waals surface area contributed by atoms with Crippen molar-refractivity contribution in [2.24, 2.45) is 11.8 Å². The number of ether oxygens (including phenoxy) is 4. The Hall–Kier alpha value is -3.36. The van der Waals surface area contributed by atoms with Crippen LogP contribution in [0.1, 0.15) is 61.7 Å². The van der Waals surface area contributed by atoms with E-state index >= 15 is 0 Å². The molecular weight excluding hydrogens is 444 g/mol. The fourth-order valence-electron chi connectivity index (χ4n) is 4.23. The lowest BCUT2D eigenvalue weighted by molar-refractivity contribution is -0.158. The summed E-state index contributed by atoms with van der Waals surface area (Å²) in [7, 11) is 0. The Labute approximate surface area is 198 Å². The van der Waals surface area contributed by atoms with Gasteiger partial charge in [-0.15, -0.1) is 0 Å². The Balaban J connectivity index is 1.37. The molecule has 0 radical (unpaired) electrons. The van der Waals surface area contributed by atoms with Crippen LogP contribution < -0.4 is 4.74 Å². The Morgan fingerprint density at radius 1 is 0.853 bits per heavy atom. The quantitative estimate of drug-likeness (QED) is 0.247. The third-order valence-electron chi connectivity index (χ3n) is 6.27. The van der Waals surface area contributed by atoms with E-state index in [4.69, 9.17) is 24.1 Å².